The van der Waals surface area contributed by atoms with Gasteiger partial charge in [0.1, 0.15) is 23.3 Å². The molecule has 4 heterocycles. The van der Waals surface area contributed by atoms with Gasteiger partial charge < -0.3 is 14.8 Å². The largest absolute Gasteiger partial charge is 0.416 e. The number of aryl methyl sites for hydroxylation is 1. The summed E-state index contributed by atoms with van der Waals surface area (Å²) in [7, 11) is 0. The maximum absolute atomic E-state index is 13.3. The lowest BCUT2D eigenvalue weighted by molar-refractivity contribution is -0.137. The van der Waals surface area contributed by atoms with Gasteiger partial charge in [0.25, 0.3) is 5.56 Å². The normalized spacial score (nSPS) is 15.7. The van der Waals surface area contributed by atoms with E-state index in [1.807, 2.05) is 31.0 Å². The van der Waals surface area contributed by atoms with Crippen LogP contribution in [0.4, 0.5) is 24.8 Å². The maximum atomic E-state index is 13.3. The molecule has 1 aromatic carbocycles. The second-order valence-electron chi connectivity index (χ2n) is 9.52. The predicted octanol–water partition coefficient (Wildman–Crippen LogP) is 5.49. The number of nitrogens with zero attached hydrogens (tertiary/aromatic N) is 5. The molecule has 2 aromatic heterocycles. The Balaban J connectivity index is 1.59. The fourth-order valence-electron chi connectivity index (χ4n) is 4.66. The number of aromatic nitrogens is 3. The van der Waals surface area contributed by atoms with Crippen LogP contribution in [0.2, 0.25) is 0 Å². The number of anilines is 2. The van der Waals surface area contributed by atoms with E-state index in [1.54, 1.807) is 36.6 Å². The lowest BCUT2D eigenvalue weighted by atomic mass is 9.98. The van der Waals surface area contributed by atoms with E-state index in [1.165, 1.54) is 6.07 Å². The standard InChI is InChI=1S/C27H27F3N6O/c1-15(2)36-14-19(8-9-23(36)37)21-13-22-24(33-17(4)34-26(22)35-11-10-31-25(21)35)32-16(3)18-6-5-7-20(12-18)27(28,29)30/h5-9,12-16H,10-11H2,1-4H3,(H,32,33,34). The highest BCUT2D eigenvalue weighted by molar-refractivity contribution is 6.36. The van der Waals surface area contributed by atoms with Crippen molar-refractivity contribution in [3.8, 4) is 0 Å². The fraction of sp³-hybridized carbons (Fsp3) is 0.333. The van der Waals surface area contributed by atoms with Crippen molar-refractivity contribution < 1.29 is 13.2 Å². The molecule has 0 saturated heterocycles. The quantitative estimate of drug-likeness (QED) is 0.493. The van der Waals surface area contributed by atoms with Crippen molar-refractivity contribution in [2.45, 2.75) is 46.0 Å². The molecule has 0 spiro atoms. The van der Waals surface area contributed by atoms with E-state index in [-0.39, 0.29) is 11.6 Å². The van der Waals surface area contributed by atoms with Crippen LogP contribution >= 0.6 is 0 Å². The molecule has 0 amide bonds. The van der Waals surface area contributed by atoms with Gasteiger partial charge in [-0.1, -0.05) is 12.1 Å². The Morgan fingerprint density at radius 3 is 2.59 bits per heavy atom. The summed E-state index contributed by atoms with van der Waals surface area (Å²) in [6.07, 6.45) is -0.645. The summed E-state index contributed by atoms with van der Waals surface area (Å²) >= 11 is 0. The number of nitrogens with one attached hydrogen (secondary N) is 1. The van der Waals surface area contributed by atoms with Gasteiger partial charge >= 0.3 is 6.18 Å². The Hall–Kier alpha value is -3.95. The summed E-state index contributed by atoms with van der Waals surface area (Å²) in [4.78, 5) is 28.4. The molecule has 1 unspecified atom stereocenters. The lowest BCUT2D eigenvalue weighted by Crippen LogP contribution is -2.33. The summed E-state index contributed by atoms with van der Waals surface area (Å²) in [6, 6.07) is 8.15. The molecule has 37 heavy (non-hydrogen) atoms. The van der Waals surface area contributed by atoms with Crippen molar-refractivity contribution in [3.63, 3.8) is 0 Å². The minimum absolute atomic E-state index is 0.0120. The maximum Gasteiger partial charge on any atom is 0.416 e. The second-order valence-corrected chi connectivity index (χ2v) is 9.52. The van der Waals surface area contributed by atoms with Crippen LogP contribution in [0.5, 0.6) is 0 Å². The SMILES string of the molecule is Cc1nc(NC(C)c2cccc(C(F)(F)F)c2)c2c(n1)N1CCN=C1C(c1ccc(=O)n(C(C)C)c1)=C2. The Kier molecular flexibility index (Phi) is 6.13. The van der Waals surface area contributed by atoms with Gasteiger partial charge in [-0.25, -0.2) is 9.97 Å². The molecule has 1 N–H and O–H groups in total. The summed E-state index contributed by atoms with van der Waals surface area (Å²) < 4.78 is 41.5. The van der Waals surface area contributed by atoms with E-state index in [4.69, 9.17) is 4.99 Å². The summed E-state index contributed by atoms with van der Waals surface area (Å²) in [5, 5.41) is 3.31. The van der Waals surface area contributed by atoms with Gasteiger partial charge in [-0.15, -0.1) is 0 Å². The zero-order chi connectivity index (χ0) is 26.5. The van der Waals surface area contributed by atoms with Crippen LogP contribution < -0.4 is 15.8 Å². The van der Waals surface area contributed by atoms with E-state index in [9.17, 15) is 18.0 Å². The van der Waals surface area contributed by atoms with Crippen LogP contribution in [-0.2, 0) is 6.18 Å². The molecule has 0 radical (unpaired) electrons. The third kappa shape index (κ3) is 4.63. The van der Waals surface area contributed by atoms with E-state index in [0.717, 1.165) is 34.7 Å². The number of benzene rings is 1. The predicted molar refractivity (Wildman–Crippen MR) is 139 cm³/mol. The molecule has 0 saturated carbocycles. The number of halogens is 3. The number of fused-ring (bicyclic) bond motifs is 3. The van der Waals surface area contributed by atoms with Crippen LogP contribution in [0.25, 0.3) is 11.6 Å². The van der Waals surface area contributed by atoms with Crippen molar-refractivity contribution >= 4 is 29.1 Å². The molecular weight excluding hydrogens is 481 g/mol. The van der Waals surface area contributed by atoms with Gasteiger partial charge in [-0.2, -0.15) is 13.2 Å². The van der Waals surface area contributed by atoms with E-state index in [0.29, 0.717) is 36.1 Å². The highest BCUT2D eigenvalue weighted by atomic mass is 19.4. The minimum atomic E-state index is -4.42. The Morgan fingerprint density at radius 2 is 1.86 bits per heavy atom. The van der Waals surface area contributed by atoms with Crippen LogP contribution in [-0.4, -0.2) is 33.5 Å². The van der Waals surface area contributed by atoms with Crippen LogP contribution in [0.15, 0.2) is 52.4 Å². The number of hydrogen-bond donors (Lipinski definition) is 1. The van der Waals surface area contributed by atoms with Gasteiger partial charge in [0.15, 0.2) is 0 Å². The van der Waals surface area contributed by atoms with Crippen molar-refractivity contribution in [2.75, 3.05) is 23.3 Å². The third-order valence-electron chi connectivity index (χ3n) is 6.54. The molecule has 192 valence electrons. The van der Waals surface area contributed by atoms with Crippen molar-refractivity contribution in [2.24, 2.45) is 4.99 Å². The van der Waals surface area contributed by atoms with E-state index >= 15 is 0 Å². The average Bonchev–Trinajstić information content (AvgIpc) is 3.34. The first-order chi connectivity index (χ1) is 17.5. The van der Waals surface area contributed by atoms with E-state index < -0.39 is 17.8 Å². The highest BCUT2D eigenvalue weighted by Gasteiger charge is 2.33. The fourth-order valence-corrected chi connectivity index (χ4v) is 4.66. The first-order valence-electron chi connectivity index (χ1n) is 12.1. The number of pyridine rings is 1. The monoisotopic (exact) mass is 508 g/mol. The molecular formula is C27H27F3N6O. The number of amidine groups is 1. The zero-order valence-corrected chi connectivity index (χ0v) is 21.0. The average molecular weight is 509 g/mol. The summed E-state index contributed by atoms with van der Waals surface area (Å²) in [5.74, 6) is 2.53. The Labute approximate surface area is 212 Å². The lowest BCUT2D eigenvalue weighted by Gasteiger charge is -2.30. The molecule has 5 rings (SSSR count). The zero-order valence-electron chi connectivity index (χ0n) is 21.0. The van der Waals surface area contributed by atoms with Crippen molar-refractivity contribution in [3.05, 3.63) is 81.0 Å². The van der Waals surface area contributed by atoms with Gasteiger partial charge in [0, 0.05) is 42.0 Å². The number of hydrogen-bond acceptors (Lipinski definition) is 6. The molecule has 2 aliphatic heterocycles. The smallest absolute Gasteiger partial charge is 0.363 e. The molecule has 0 fully saturated rings. The van der Waals surface area contributed by atoms with Crippen LogP contribution in [0.1, 0.15) is 60.9 Å². The van der Waals surface area contributed by atoms with Crippen LogP contribution in [0.3, 0.4) is 0 Å². The third-order valence-corrected chi connectivity index (χ3v) is 6.54. The van der Waals surface area contributed by atoms with Crippen molar-refractivity contribution in [1.82, 2.24) is 14.5 Å². The molecule has 2 aliphatic rings. The number of alkyl halides is 3. The molecule has 1 atom stereocenters. The topological polar surface area (TPSA) is 75.4 Å². The van der Waals surface area contributed by atoms with Crippen molar-refractivity contribution in [1.29, 1.82) is 0 Å². The summed E-state index contributed by atoms with van der Waals surface area (Å²) in [6.45, 7) is 8.72. The van der Waals surface area contributed by atoms with Gasteiger partial charge in [0.2, 0.25) is 0 Å². The van der Waals surface area contributed by atoms with Crippen LogP contribution in [0, 0.1) is 6.92 Å². The van der Waals surface area contributed by atoms with Gasteiger partial charge in [0.05, 0.1) is 17.7 Å². The molecule has 3 aromatic rings. The summed E-state index contributed by atoms with van der Waals surface area (Å²) in [5.41, 5.74) is 2.11. The van der Waals surface area contributed by atoms with Gasteiger partial charge in [-0.3, -0.25) is 9.79 Å². The Morgan fingerprint density at radius 1 is 1.08 bits per heavy atom. The molecule has 0 aliphatic carbocycles. The molecule has 0 bridgehead atoms. The first kappa shape index (κ1) is 24.7. The number of aliphatic imine (C=N–C) groups is 1. The second kappa shape index (κ2) is 9.17. The first-order valence-corrected chi connectivity index (χ1v) is 12.1. The Bertz CT molecular complexity index is 1490. The van der Waals surface area contributed by atoms with Gasteiger partial charge in [-0.05, 0) is 57.5 Å². The highest BCUT2D eigenvalue weighted by Crippen LogP contribution is 2.39. The minimum Gasteiger partial charge on any atom is -0.363 e. The molecule has 7 nitrogen and oxygen atoms in total. The number of rotatable bonds is 5. The van der Waals surface area contributed by atoms with E-state index in [2.05, 4.69) is 15.3 Å². The molecule has 10 heteroatoms.